The summed E-state index contributed by atoms with van der Waals surface area (Å²) < 4.78 is 25.6. The molecule has 10 heteroatoms. The second-order valence-corrected chi connectivity index (χ2v) is 5.25. The maximum absolute atomic E-state index is 11.4. The summed E-state index contributed by atoms with van der Waals surface area (Å²) in [6.07, 6.45) is -6.27. The highest BCUT2D eigenvalue weighted by molar-refractivity contribution is 5.68. The number of esters is 4. The van der Waals surface area contributed by atoms with Crippen LogP contribution in [-0.4, -0.2) is 61.0 Å². The lowest BCUT2D eigenvalue weighted by molar-refractivity contribution is -0.243. The van der Waals surface area contributed by atoms with Crippen molar-refractivity contribution in [1.29, 1.82) is 5.26 Å². The molecule has 10 nitrogen and oxygen atoms in total. The minimum absolute atomic E-state index is 0.351. The van der Waals surface area contributed by atoms with E-state index in [0.29, 0.717) is 0 Å². The molecular weight excluding hydrogens is 338 g/mol. The minimum atomic E-state index is -1.32. The summed E-state index contributed by atoms with van der Waals surface area (Å²) in [4.78, 5) is 45.2. The van der Waals surface area contributed by atoms with E-state index in [1.165, 1.54) is 0 Å². The molecule has 0 radical (unpaired) electrons. The Labute approximate surface area is 143 Å². The number of hydrogen-bond donors (Lipinski definition) is 0. The normalized spacial score (nSPS) is 28.2. The van der Waals surface area contributed by atoms with Crippen LogP contribution in [0, 0.1) is 11.3 Å². The third-order valence-electron chi connectivity index (χ3n) is 3.12. The minimum Gasteiger partial charge on any atom is -0.463 e. The number of carbonyl (C=O) groups is 4. The molecule has 0 spiro atoms. The Morgan fingerprint density at radius 2 is 1.32 bits per heavy atom. The second kappa shape index (κ2) is 8.98. The maximum Gasteiger partial charge on any atom is 0.303 e. The molecule has 138 valence electrons. The zero-order valence-electron chi connectivity index (χ0n) is 14.2. The molecule has 0 unspecified atom stereocenters. The van der Waals surface area contributed by atoms with Gasteiger partial charge < -0.3 is 23.7 Å². The summed E-state index contributed by atoms with van der Waals surface area (Å²) in [7, 11) is 0. The topological polar surface area (TPSA) is 138 Å². The van der Waals surface area contributed by atoms with Crippen LogP contribution >= 0.6 is 0 Å². The van der Waals surface area contributed by atoms with E-state index in [-0.39, 0.29) is 6.61 Å². The van der Waals surface area contributed by atoms with Crippen LogP contribution in [0.15, 0.2) is 0 Å². The third-order valence-corrected chi connectivity index (χ3v) is 3.12. The Hall–Kier alpha value is -2.67. The molecule has 5 atom stereocenters. The number of nitriles is 1. The van der Waals surface area contributed by atoms with Gasteiger partial charge in [0.2, 0.25) is 0 Å². The van der Waals surface area contributed by atoms with Crippen LogP contribution in [0.2, 0.25) is 0 Å². The predicted molar refractivity (Wildman–Crippen MR) is 77.6 cm³/mol. The molecule has 1 aliphatic heterocycles. The molecule has 0 N–H and O–H groups in total. The molecule has 0 aliphatic carbocycles. The van der Waals surface area contributed by atoms with Gasteiger partial charge in [-0.05, 0) is 0 Å². The molecule has 0 bridgehead atoms. The van der Waals surface area contributed by atoms with Crippen LogP contribution in [0.5, 0.6) is 0 Å². The summed E-state index contributed by atoms with van der Waals surface area (Å²) in [6.45, 7) is 4.14. The van der Waals surface area contributed by atoms with E-state index in [9.17, 15) is 24.4 Å². The zero-order valence-corrected chi connectivity index (χ0v) is 14.2. The maximum atomic E-state index is 11.4. The molecule has 1 saturated heterocycles. The van der Waals surface area contributed by atoms with E-state index >= 15 is 0 Å². The van der Waals surface area contributed by atoms with Crippen molar-refractivity contribution >= 4 is 23.9 Å². The van der Waals surface area contributed by atoms with Gasteiger partial charge in [-0.2, -0.15) is 5.26 Å². The van der Waals surface area contributed by atoms with Crippen molar-refractivity contribution in [2.45, 2.75) is 58.2 Å². The van der Waals surface area contributed by atoms with E-state index < -0.39 is 54.4 Å². The molecule has 0 amide bonds. The molecule has 25 heavy (non-hydrogen) atoms. The van der Waals surface area contributed by atoms with Gasteiger partial charge in [-0.25, -0.2) is 0 Å². The molecule has 1 rings (SSSR count). The fraction of sp³-hybridized carbons (Fsp3) is 0.667. The average Bonchev–Trinajstić information content (AvgIpc) is 2.48. The monoisotopic (exact) mass is 357 g/mol. The third kappa shape index (κ3) is 6.04. The van der Waals surface area contributed by atoms with Crippen LogP contribution in [0.25, 0.3) is 0 Å². The Morgan fingerprint density at radius 1 is 0.840 bits per heavy atom. The first-order valence-electron chi connectivity index (χ1n) is 7.35. The van der Waals surface area contributed by atoms with Crippen LogP contribution in [0.3, 0.4) is 0 Å². The molecule has 0 aromatic heterocycles. The largest absolute Gasteiger partial charge is 0.463 e. The molecule has 1 fully saturated rings. The molecule has 1 heterocycles. The highest BCUT2D eigenvalue weighted by Crippen LogP contribution is 2.28. The van der Waals surface area contributed by atoms with Crippen molar-refractivity contribution in [2.24, 2.45) is 0 Å². The van der Waals surface area contributed by atoms with Crippen LogP contribution in [-0.2, 0) is 42.9 Å². The standard InChI is InChI=1S/C15H19NO9/c1-7(17)21-6-12-14(23-9(3)19)15(24-10(4)20)13(22-8(2)18)11(5-16)25-12/h11-15H,6H2,1-4H3/t11-,12+,13-,14-,15+/m0/s1. The van der Waals surface area contributed by atoms with Gasteiger partial charge in [0.1, 0.15) is 12.7 Å². The second-order valence-electron chi connectivity index (χ2n) is 5.25. The van der Waals surface area contributed by atoms with Crippen molar-refractivity contribution in [2.75, 3.05) is 6.61 Å². The fourth-order valence-electron chi connectivity index (χ4n) is 2.33. The summed E-state index contributed by atoms with van der Waals surface area (Å²) >= 11 is 0. The molecule has 0 aromatic rings. The number of rotatable bonds is 5. The van der Waals surface area contributed by atoms with Crippen LogP contribution in [0.4, 0.5) is 0 Å². The lowest BCUT2D eigenvalue weighted by Crippen LogP contribution is -2.62. The van der Waals surface area contributed by atoms with Gasteiger partial charge in [0, 0.05) is 27.7 Å². The predicted octanol–water partition coefficient (Wildman–Crippen LogP) is -0.364. The quantitative estimate of drug-likeness (QED) is 0.473. The highest BCUT2D eigenvalue weighted by atomic mass is 16.7. The van der Waals surface area contributed by atoms with E-state index in [1.54, 1.807) is 6.07 Å². The highest BCUT2D eigenvalue weighted by Gasteiger charge is 2.52. The summed E-state index contributed by atoms with van der Waals surface area (Å²) in [5.74, 6) is -2.84. The van der Waals surface area contributed by atoms with Crippen LogP contribution in [0.1, 0.15) is 27.7 Å². The first-order chi connectivity index (χ1) is 11.6. The summed E-state index contributed by atoms with van der Waals surface area (Å²) in [5, 5.41) is 9.27. The molecule has 1 aliphatic rings. The number of hydrogen-bond acceptors (Lipinski definition) is 10. The van der Waals surface area contributed by atoms with Gasteiger partial charge in [0.15, 0.2) is 24.4 Å². The van der Waals surface area contributed by atoms with E-state index in [1.807, 2.05) is 0 Å². The SMILES string of the molecule is CC(=O)OC[C@H]1O[C@@H](C#N)[C@H](OC(C)=O)[C@@H](OC(C)=O)[C@H]1OC(C)=O. The number of nitrogens with zero attached hydrogens (tertiary/aromatic N) is 1. The Morgan fingerprint density at radius 3 is 1.76 bits per heavy atom. The molecule has 0 aromatic carbocycles. The summed E-state index contributed by atoms with van der Waals surface area (Å²) in [5.41, 5.74) is 0. The smallest absolute Gasteiger partial charge is 0.303 e. The van der Waals surface area contributed by atoms with Gasteiger partial charge in [-0.1, -0.05) is 0 Å². The zero-order chi connectivity index (χ0) is 19.1. The Kier molecular flexibility index (Phi) is 7.32. The van der Waals surface area contributed by atoms with Gasteiger partial charge >= 0.3 is 23.9 Å². The lowest BCUT2D eigenvalue weighted by atomic mass is 9.94. The lowest BCUT2D eigenvalue weighted by Gasteiger charge is -2.42. The fourth-order valence-corrected chi connectivity index (χ4v) is 2.33. The Bertz CT molecular complexity index is 582. The van der Waals surface area contributed by atoms with Gasteiger partial charge in [-0.15, -0.1) is 0 Å². The van der Waals surface area contributed by atoms with Crippen molar-refractivity contribution in [1.82, 2.24) is 0 Å². The van der Waals surface area contributed by atoms with Crippen LogP contribution < -0.4 is 0 Å². The van der Waals surface area contributed by atoms with Crippen molar-refractivity contribution in [3.05, 3.63) is 0 Å². The van der Waals surface area contributed by atoms with Gasteiger partial charge in [0.25, 0.3) is 0 Å². The first-order valence-corrected chi connectivity index (χ1v) is 7.35. The van der Waals surface area contributed by atoms with E-state index in [2.05, 4.69) is 0 Å². The number of carbonyl (C=O) groups excluding carboxylic acids is 4. The van der Waals surface area contributed by atoms with Gasteiger partial charge in [0.05, 0.1) is 6.07 Å². The number of ether oxygens (including phenoxy) is 5. The average molecular weight is 357 g/mol. The van der Waals surface area contributed by atoms with Crippen molar-refractivity contribution in [3.63, 3.8) is 0 Å². The van der Waals surface area contributed by atoms with Crippen molar-refractivity contribution in [3.8, 4) is 6.07 Å². The van der Waals surface area contributed by atoms with E-state index in [4.69, 9.17) is 23.7 Å². The first kappa shape index (κ1) is 20.4. The van der Waals surface area contributed by atoms with E-state index in [0.717, 1.165) is 27.7 Å². The van der Waals surface area contributed by atoms with Gasteiger partial charge in [-0.3, -0.25) is 19.2 Å². The Balaban J connectivity index is 3.21. The molecule has 0 saturated carbocycles. The molecular formula is C15H19NO9. The van der Waals surface area contributed by atoms with Crippen molar-refractivity contribution < 1.29 is 42.9 Å². The summed E-state index contributed by atoms with van der Waals surface area (Å²) in [6, 6.07) is 1.78.